The zero-order valence-corrected chi connectivity index (χ0v) is 11.3. The van der Waals surface area contributed by atoms with Crippen molar-refractivity contribution in [3.05, 3.63) is 29.2 Å². The van der Waals surface area contributed by atoms with E-state index in [9.17, 15) is 9.59 Å². The van der Waals surface area contributed by atoms with E-state index in [4.69, 9.17) is 14.2 Å². The predicted molar refractivity (Wildman–Crippen MR) is 71.2 cm³/mol. The maximum absolute atomic E-state index is 11.1. The average molecular weight is 275 g/mol. The molecular weight excluding hydrogens is 262 g/mol. The fraction of sp³-hybridized carbons (Fsp3) is 0.214. The lowest BCUT2D eigenvalue weighted by atomic mass is 10.1. The van der Waals surface area contributed by atoms with Crippen molar-refractivity contribution in [3.8, 4) is 17.2 Å². The summed E-state index contributed by atoms with van der Waals surface area (Å²) in [4.78, 5) is 22.0. The first-order chi connectivity index (χ1) is 9.58. The molecule has 0 bridgehead atoms. The predicted octanol–water partition coefficient (Wildman–Crippen LogP) is 1.29. The van der Waals surface area contributed by atoms with Gasteiger partial charge in [-0.3, -0.25) is 4.79 Å². The molecule has 0 atom stereocenters. The Hall–Kier alpha value is -2.72. The molecule has 1 aromatic rings. The Morgan fingerprint density at radius 1 is 1.25 bits per heavy atom. The van der Waals surface area contributed by atoms with E-state index in [1.54, 1.807) is 24.2 Å². The number of nitrogens with one attached hydrogen (secondary N) is 1. The molecule has 0 radical (unpaired) electrons. The number of hydrogen-bond acceptors (Lipinski definition) is 5. The van der Waals surface area contributed by atoms with Crippen LogP contribution in [0.15, 0.2) is 23.6 Å². The summed E-state index contributed by atoms with van der Waals surface area (Å²) in [7, 11) is 3.02. The summed E-state index contributed by atoms with van der Waals surface area (Å²) in [6, 6.07) is 3.30. The van der Waals surface area contributed by atoms with E-state index in [0.29, 0.717) is 22.8 Å². The Kier molecular flexibility index (Phi) is 3.77. The third kappa shape index (κ3) is 2.50. The van der Waals surface area contributed by atoms with Crippen LogP contribution in [0, 0.1) is 0 Å². The van der Waals surface area contributed by atoms with Crippen molar-refractivity contribution in [1.29, 1.82) is 0 Å². The monoisotopic (exact) mass is 275 g/mol. The van der Waals surface area contributed by atoms with Crippen molar-refractivity contribution in [2.24, 2.45) is 0 Å². The molecule has 1 aliphatic heterocycles. The summed E-state index contributed by atoms with van der Waals surface area (Å²) >= 11 is 0. The van der Waals surface area contributed by atoms with Gasteiger partial charge in [0.2, 0.25) is 11.7 Å². The number of methoxy groups -OCH3 is 2. The van der Waals surface area contributed by atoms with Crippen molar-refractivity contribution in [1.82, 2.24) is 5.32 Å². The molecule has 0 saturated heterocycles. The summed E-state index contributed by atoms with van der Waals surface area (Å²) in [6.45, 7) is 1.34. The molecule has 0 fully saturated rings. The van der Waals surface area contributed by atoms with E-state index < -0.39 is 0 Å². The summed E-state index contributed by atoms with van der Waals surface area (Å²) in [6.07, 6.45) is 1.61. The zero-order valence-electron chi connectivity index (χ0n) is 11.3. The van der Waals surface area contributed by atoms with Gasteiger partial charge in [0, 0.05) is 18.6 Å². The van der Waals surface area contributed by atoms with E-state index >= 15 is 0 Å². The molecule has 1 aliphatic rings. The minimum Gasteiger partial charge on any atom is -0.493 e. The molecule has 2 rings (SSSR count). The van der Waals surface area contributed by atoms with E-state index in [1.807, 2.05) is 0 Å². The van der Waals surface area contributed by atoms with Crippen LogP contribution < -0.4 is 19.5 Å². The maximum atomic E-state index is 11.1. The van der Waals surface area contributed by atoms with E-state index in [2.05, 4.69) is 5.32 Å². The average Bonchev–Trinajstić information content (AvgIpc) is 2.44. The van der Waals surface area contributed by atoms with Crippen LogP contribution in [0.1, 0.15) is 12.5 Å². The number of carbonyl (C=O) groups is 1. The number of amides is 1. The quantitative estimate of drug-likeness (QED) is 0.841. The van der Waals surface area contributed by atoms with Crippen LogP contribution in [0.4, 0.5) is 0 Å². The molecule has 20 heavy (non-hydrogen) atoms. The largest absolute Gasteiger partial charge is 0.493 e. The Morgan fingerprint density at radius 3 is 2.45 bits per heavy atom. The Bertz CT molecular complexity index is 641. The van der Waals surface area contributed by atoms with Gasteiger partial charge in [-0.2, -0.15) is 0 Å². The second-order valence-electron chi connectivity index (χ2n) is 4.02. The molecule has 1 amide bonds. The van der Waals surface area contributed by atoms with Gasteiger partial charge in [0.05, 0.1) is 19.9 Å². The normalized spacial score (nSPS) is 12.6. The minimum atomic E-state index is -0.309. The molecule has 1 aromatic carbocycles. The van der Waals surface area contributed by atoms with Crippen LogP contribution in [0.2, 0.25) is 0 Å². The Morgan fingerprint density at radius 2 is 1.90 bits per heavy atom. The molecule has 1 heterocycles. The highest BCUT2D eigenvalue weighted by atomic mass is 16.5. The summed E-state index contributed by atoms with van der Waals surface area (Å²) < 4.78 is 15.8. The highest BCUT2D eigenvalue weighted by molar-refractivity contribution is 5.82. The summed E-state index contributed by atoms with van der Waals surface area (Å²) in [5, 5.41) is 2.52. The van der Waals surface area contributed by atoms with Gasteiger partial charge in [-0.1, -0.05) is 0 Å². The second kappa shape index (κ2) is 5.50. The topological polar surface area (TPSA) is 73.9 Å². The van der Waals surface area contributed by atoms with Crippen molar-refractivity contribution in [3.63, 3.8) is 0 Å². The highest BCUT2D eigenvalue weighted by Crippen LogP contribution is 2.39. The number of hydrogen-bond donors (Lipinski definition) is 1. The highest BCUT2D eigenvalue weighted by Gasteiger charge is 2.21. The molecule has 0 saturated carbocycles. The molecular formula is C14H13NO5. The van der Waals surface area contributed by atoms with Gasteiger partial charge in [0.15, 0.2) is 17.4 Å². The number of carbonyl (C=O) groups excluding carboxylic acids is 2. The van der Waals surface area contributed by atoms with Crippen LogP contribution in [0.3, 0.4) is 0 Å². The lowest BCUT2D eigenvalue weighted by Gasteiger charge is -2.20. The molecule has 1 N–H and O–H groups in total. The minimum absolute atomic E-state index is 0.0834. The van der Waals surface area contributed by atoms with Crippen molar-refractivity contribution >= 4 is 17.9 Å². The summed E-state index contributed by atoms with van der Waals surface area (Å²) in [5.41, 5.74) is 0.914. The van der Waals surface area contributed by atoms with Crippen molar-refractivity contribution < 1.29 is 23.8 Å². The lowest BCUT2D eigenvalue weighted by Crippen LogP contribution is -2.24. The number of rotatable bonds is 3. The lowest BCUT2D eigenvalue weighted by molar-refractivity contribution is -0.118. The Balaban J connectivity index is 2.54. The first-order valence-electron chi connectivity index (χ1n) is 5.77. The fourth-order valence-corrected chi connectivity index (χ4v) is 1.82. The van der Waals surface area contributed by atoms with E-state index in [0.717, 1.165) is 0 Å². The molecule has 0 unspecified atom stereocenters. The number of fused-ring (bicyclic) bond motifs is 1. The van der Waals surface area contributed by atoms with Crippen molar-refractivity contribution in [2.45, 2.75) is 6.92 Å². The van der Waals surface area contributed by atoms with Crippen LogP contribution >= 0.6 is 0 Å². The van der Waals surface area contributed by atoms with Crippen LogP contribution in [-0.4, -0.2) is 26.1 Å². The van der Waals surface area contributed by atoms with Crippen LogP contribution in [-0.2, 0) is 9.59 Å². The van der Waals surface area contributed by atoms with Gasteiger partial charge in [-0.25, -0.2) is 4.79 Å². The van der Waals surface area contributed by atoms with E-state index in [1.165, 1.54) is 21.1 Å². The van der Waals surface area contributed by atoms with Crippen LogP contribution in [0.5, 0.6) is 17.2 Å². The Labute approximate surface area is 115 Å². The third-order valence-electron chi connectivity index (χ3n) is 2.68. The van der Waals surface area contributed by atoms with Gasteiger partial charge in [-0.05, 0) is 12.1 Å². The molecule has 104 valence electrons. The van der Waals surface area contributed by atoms with Gasteiger partial charge in [0.1, 0.15) is 5.75 Å². The fourth-order valence-electron chi connectivity index (χ4n) is 1.82. The second-order valence-corrected chi connectivity index (χ2v) is 4.02. The molecule has 0 aliphatic carbocycles. The standard InChI is InChI=1S/C14H13NO5/c1-8(17)15-10-4-9-5-12(18-2)13(19-3)6-11(9)20-14(10)7-16/h4-6H,1-3H3,(H,15,17). The number of ether oxygens (including phenoxy) is 3. The molecule has 0 spiro atoms. The van der Waals surface area contributed by atoms with Crippen LogP contribution in [0.25, 0.3) is 6.08 Å². The van der Waals surface area contributed by atoms with Gasteiger partial charge in [-0.15, -0.1) is 0 Å². The molecule has 6 nitrogen and oxygen atoms in total. The number of benzene rings is 1. The first-order valence-corrected chi connectivity index (χ1v) is 5.77. The summed E-state index contributed by atoms with van der Waals surface area (Å²) in [5.74, 6) is 2.69. The molecule has 6 heteroatoms. The zero-order chi connectivity index (χ0) is 14.7. The van der Waals surface area contributed by atoms with Gasteiger partial charge in [0.25, 0.3) is 0 Å². The smallest absolute Gasteiger partial charge is 0.233 e. The van der Waals surface area contributed by atoms with Crippen molar-refractivity contribution in [2.75, 3.05) is 14.2 Å². The first kappa shape index (κ1) is 13.7. The van der Waals surface area contributed by atoms with Gasteiger partial charge >= 0.3 is 0 Å². The van der Waals surface area contributed by atoms with E-state index in [-0.39, 0.29) is 17.4 Å². The third-order valence-corrected chi connectivity index (χ3v) is 2.68. The SMILES string of the molecule is COc1cc2c(cc1OC)OC(=C=O)C(NC(C)=O)=C2. The molecule has 0 aromatic heterocycles. The van der Waals surface area contributed by atoms with Gasteiger partial charge < -0.3 is 19.5 Å². The maximum Gasteiger partial charge on any atom is 0.233 e.